The third-order valence-electron chi connectivity index (χ3n) is 6.29. The van der Waals surface area contributed by atoms with Gasteiger partial charge in [-0.05, 0) is 26.0 Å². The quantitative estimate of drug-likeness (QED) is 0.352. The van der Waals surface area contributed by atoms with E-state index >= 15 is 0 Å². The number of amides is 2. The van der Waals surface area contributed by atoms with Crippen molar-refractivity contribution in [2.45, 2.75) is 38.4 Å². The molecule has 0 bridgehead atoms. The van der Waals surface area contributed by atoms with Gasteiger partial charge >= 0.3 is 6.18 Å². The summed E-state index contributed by atoms with van der Waals surface area (Å²) in [5.74, 6) is -2.91. The summed E-state index contributed by atoms with van der Waals surface area (Å²) in [5, 5.41) is 9.29. The van der Waals surface area contributed by atoms with Gasteiger partial charge in [0.15, 0.2) is 11.5 Å². The number of nitrogens with zero attached hydrogens (tertiary/aromatic N) is 5. The van der Waals surface area contributed by atoms with Crippen molar-refractivity contribution in [2.24, 2.45) is 0 Å². The number of aromatic nitrogens is 5. The minimum Gasteiger partial charge on any atom is -0.350 e. The highest BCUT2D eigenvalue weighted by atomic mass is 19.4. The van der Waals surface area contributed by atoms with Gasteiger partial charge in [-0.25, -0.2) is 28.4 Å². The van der Waals surface area contributed by atoms with Crippen LogP contribution in [0, 0.1) is 11.6 Å². The molecule has 0 radical (unpaired) electrons. The lowest BCUT2D eigenvalue weighted by molar-refractivity contribution is -0.133. The van der Waals surface area contributed by atoms with Crippen molar-refractivity contribution in [1.29, 1.82) is 0 Å². The van der Waals surface area contributed by atoms with E-state index < -0.39 is 48.0 Å². The summed E-state index contributed by atoms with van der Waals surface area (Å²) in [6.07, 6.45) is -4.81. The topological polar surface area (TPSA) is 115 Å². The van der Waals surface area contributed by atoms with Gasteiger partial charge in [0, 0.05) is 17.7 Å². The number of halogens is 5. The second kappa shape index (κ2) is 9.36. The number of carbonyl (C=O) groups excluding carboxylic acids is 2. The fourth-order valence-electron chi connectivity index (χ4n) is 4.29. The number of alkyl halides is 3. The van der Waals surface area contributed by atoms with Crippen LogP contribution < -0.4 is 10.6 Å². The van der Waals surface area contributed by atoms with E-state index in [9.17, 15) is 31.5 Å². The molecule has 202 valence electrons. The molecule has 2 N–H and O–H groups in total. The van der Waals surface area contributed by atoms with E-state index in [1.54, 1.807) is 12.1 Å². The van der Waals surface area contributed by atoms with Crippen molar-refractivity contribution in [3.8, 4) is 11.5 Å². The third kappa shape index (κ3) is 4.89. The Morgan fingerprint density at radius 2 is 1.90 bits per heavy atom. The zero-order valence-corrected chi connectivity index (χ0v) is 20.5. The highest BCUT2D eigenvalue weighted by molar-refractivity contribution is 6.09. The van der Waals surface area contributed by atoms with Crippen molar-refractivity contribution < 1.29 is 31.5 Å². The van der Waals surface area contributed by atoms with Crippen LogP contribution in [-0.4, -0.2) is 49.3 Å². The lowest BCUT2D eigenvalue weighted by atomic mass is 9.85. The van der Waals surface area contributed by atoms with E-state index in [0.29, 0.717) is 0 Å². The van der Waals surface area contributed by atoms with E-state index in [4.69, 9.17) is 0 Å². The molecule has 0 fully saturated rings. The van der Waals surface area contributed by atoms with E-state index in [-0.39, 0.29) is 51.7 Å². The number of hydrogen-bond donors (Lipinski definition) is 2. The van der Waals surface area contributed by atoms with Crippen molar-refractivity contribution in [1.82, 2.24) is 30.0 Å². The summed E-state index contributed by atoms with van der Waals surface area (Å²) in [5.41, 5.74) is -1.10. The lowest BCUT2D eigenvalue weighted by Gasteiger charge is -2.18. The molecular weight excluding hydrogens is 525 g/mol. The molecule has 5 rings (SSSR count). The highest BCUT2D eigenvalue weighted by Crippen LogP contribution is 2.39. The van der Waals surface area contributed by atoms with E-state index in [1.807, 2.05) is 0 Å². The fourth-order valence-corrected chi connectivity index (χ4v) is 4.29. The molecular formula is C25H20F5N7O2. The molecule has 0 aliphatic carbocycles. The zero-order valence-electron chi connectivity index (χ0n) is 20.5. The zero-order chi connectivity index (χ0) is 28.1. The SMILES string of the molecule is CC1(C)C(=O)Nc2nc(-c3nn(Cc4ccccc4F)c4ncc(F)cc34)nc(C(=O)NCCC(F)(F)F)c21. The van der Waals surface area contributed by atoms with Crippen LogP contribution in [-0.2, 0) is 16.8 Å². The smallest absolute Gasteiger partial charge is 0.350 e. The van der Waals surface area contributed by atoms with E-state index in [1.165, 1.54) is 30.7 Å². The van der Waals surface area contributed by atoms with E-state index in [0.717, 1.165) is 12.3 Å². The van der Waals surface area contributed by atoms with Crippen LogP contribution in [0.4, 0.5) is 27.8 Å². The second-order valence-electron chi connectivity index (χ2n) is 9.44. The predicted octanol–water partition coefficient (Wildman–Crippen LogP) is 4.13. The number of carbonyl (C=O) groups is 2. The van der Waals surface area contributed by atoms with Crippen molar-refractivity contribution >= 4 is 28.7 Å². The molecule has 4 aromatic rings. The Balaban J connectivity index is 1.64. The average molecular weight is 545 g/mol. The van der Waals surface area contributed by atoms with Gasteiger partial charge in [-0.2, -0.15) is 18.3 Å². The molecule has 1 aromatic carbocycles. The molecule has 0 unspecified atom stereocenters. The summed E-state index contributed by atoms with van der Waals surface area (Å²) in [6.45, 7) is 2.23. The Bertz CT molecular complexity index is 1630. The van der Waals surface area contributed by atoms with Crippen molar-refractivity contribution in [3.05, 3.63) is 65.0 Å². The second-order valence-corrected chi connectivity index (χ2v) is 9.44. The van der Waals surface area contributed by atoms with E-state index in [2.05, 4.69) is 30.7 Å². The van der Waals surface area contributed by atoms with Gasteiger partial charge in [0.05, 0.1) is 30.0 Å². The fraction of sp³-hybridized carbons (Fsp3) is 0.280. The lowest BCUT2D eigenvalue weighted by Crippen LogP contribution is -2.33. The van der Waals surface area contributed by atoms with Crippen LogP contribution in [0.1, 0.15) is 41.9 Å². The van der Waals surface area contributed by atoms with Gasteiger partial charge in [-0.1, -0.05) is 18.2 Å². The molecule has 2 amide bonds. The Morgan fingerprint density at radius 1 is 1.15 bits per heavy atom. The van der Waals surface area contributed by atoms with Gasteiger partial charge in [0.1, 0.15) is 28.8 Å². The van der Waals surface area contributed by atoms with Gasteiger partial charge in [-0.15, -0.1) is 0 Å². The molecule has 0 saturated carbocycles. The Kier molecular flexibility index (Phi) is 6.27. The summed E-state index contributed by atoms with van der Waals surface area (Å²) in [6, 6.07) is 7.08. The first-order chi connectivity index (χ1) is 18.3. The van der Waals surface area contributed by atoms with Gasteiger partial charge < -0.3 is 10.6 Å². The first-order valence-corrected chi connectivity index (χ1v) is 11.7. The minimum absolute atomic E-state index is 0.0283. The van der Waals surface area contributed by atoms with Crippen LogP contribution in [0.15, 0.2) is 36.5 Å². The van der Waals surface area contributed by atoms with Crippen LogP contribution >= 0.6 is 0 Å². The normalized spacial score (nSPS) is 14.4. The first kappa shape index (κ1) is 26.1. The van der Waals surface area contributed by atoms with Crippen molar-refractivity contribution in [2.75, 3.05) is 11.9 Å². The average Bonchev–Trinajstić information content (AvgIpc) is 3.32. The molecule has 39 heavy (non-hydrogen) atoms. The van der Waals surface area contributed by atoms with Crippen LogP contribution in [0.25, 0.3) is 22.6 Å². The Morgan fingerprint density at radius 3 is 2.62 bits per heavy atom. The summed E-state index contributed by atoms with van der Waals surface area (Å²) < 4.78 is 67.8. The summed E-state index contributed by atoms with van der Waals surface area (Å²) in [4.78, 5) is 38.4. The summed E-state index contributed by atoms with van der Waals surface area (Å²) >= 11 is 0. The van der Waals surface area contributed by atoms with Gasteiger partial charge in [-0.3, -0.25) is 9.59 Å². The molecule has 3 aromatic heterocycles. The third-order valence-corrected chi connectivity index (χ3v) is 6.29. The number of anilines is 1. The number of benzene rings is 1. The maximum atomic E-state index is 14.3. The molecule has 14 heteroatoms. The number of rotatable bonds is 6. The Labute approximate surface area is 217 Å². The standard InChI is InChI=1S/C25H20F5N7O2/c1-24(2)16-18(22(38)31-8-7-25(28,29)30)33-20(34-19(16)35-23(24)39)17-14-9-13(26)10-32-21(14)37(36-17)11-12-5-3-4-6-15(12)27/h3-6,9-10H,7-8,11H2,1-2H3,(H,31,38)(H,33,34,35,39). The monoisotopic (exact) mass is 545 g/mol. The number of nitrogens with one attached hydrogen (secondary N) is 2. The van der Waals surface area contributed by atoms with Gasteiger partial charge in [0.25, 0.3) is 5.91 Å². The maximum absolute atomic E-state index is 14.3. The summed E-state index contributed by atoms with van der Waals surface area (Å²) in [7, 11) is 0. The predicted molar refractivity (Wildman–Crippen MR) is 129 cm³/mol. The maximum Gasteiger partial charge on any atom is 0.390 e. The van der Waals surface area contributed by atoms with Crippen LogP contribution in [0.2, 0.25) is 0 Å². The molecule has 4 heterocycles. The first-order valence-electron chi connectivity index (χ1n) is 11.7. The highest BCUT2D eigenvalue weighted by Gasteiger charge is 2.44. The number of pyridine rings is 1. The molecule has 1 aliphatic rings. The molecule has 9 nitrogen and oxygen atoms in total. The Hall–Kier alpha value is -4.49. The van der Waals surface area contributed by atoms with Crippen molar-refractivity contribution in [3.63, 3.8) is 0 Å². The minimum atomic E-state index is -4.50. The number of fused-ring (bicyclic) bond motifs is 2. The largest absolute Gasteiger partial charge is 0.390 e. The molecule has 1 aliphatic heterocycles. The van der Waals surface area contributed by atoms with Crippen LogP contribution in [0.5, 0.6) is 0 Å². The number of hydrogen-bond acceptors (Lipinski definition) is 6. The molecule has 0 saturated heterocycles. The van der Waals surface area contributed by atoms with Crippen LogP contribution in [0.3, 0.4) is 0 Å². The molecule has 0 atom stereocenters. The molecule has 0 spiro atoms. The van der Waals surface area contributed by atoms with Gasteiger partial charge in [0.2, 0.25) is 5.91 Å².